The summed E-state index contributed by atoms with van der Waals surface area (Å²) < 4.78 is 5.27. The fourth-order valence-electron chi connectivity index (χ4n) is 1.55. The minimum Gasteiger partial charge on any atom is -0.383 e. The molecule has 2 N–H and O–H groups in total. The van der Waals surface area contributed by atoms with E-state index in [2.05, 4.69) is 14.9 Å². The van der Waals surface area contributed by atoms with Crippen LogP contribution in [0.5, 0.6) is 0 Å². The molecule has 0 aliphatic carbocycles. The third kappa shape index (κ3) is 1.63. The quantitative estimate of drug-likeness (QED) is 0.692. The number of nitrogens with zero attached hydrogens (tertiary/aromatic N) is 3. The Morgan fingerprint density at radius 3 is 2.79 bits per heavy atom. The third-order valence-corrected chi connectivity index (χ3v) is 2.41. The van der Waals surface area contributed by atoms with Gasteiger partial charge in [0, 0.05) is 18.7 Å². The Morgan fingerprint density at radius 1 is 1.36 bits per heavy atom. The molecule has 1 aromatic rings. The van der Waals surface area contributed by atoms with E-state index in [0.29, 0.717) is 5.82 Å². The van der Waals surface area contributed by atoms with Crippen LogP contribution in [0.15, 0.2) is 6.33 Å². The van der Waals surface area contributed by atoms with Crippen molar-refractivity contribution in [2.75, 3.05) is 36.9 Å². The van der Waals surface area contributed by atoms with Crippen LogP contribution in [0.3, 0.4) is 0 Å². The van der Waals surface area contributed by atoms with E-state index in [9.17, 15) is 0 Å². The summed E-state index contributed by atoms with van der Waals surface area (Å²) in [5.74, 6) is 1.49. The van der Waals surface area contributed by atoms with E-state index in [1.54, 1.807) is 0 Å². The van der Waals surface area contributed by atoms with E-state index < -0.39 is 0 Å². The molecular formula is C9H14N4O. The number of nitrogens with two attached hydrogens (primary N) is 1. The van der Waals surface area contributed by atoms with E-state index in [1.165, 1.54) is 6.33 Å². The van der Waals surface area contributed by atoms with Gasteiger partial charge in [-0.05, 0) is 6.92 Å². The molecule has 0 spiro atoms. The van der Waals surface area contributed by atoms with Crippen LogP contribution in [0.25, 0.3) is 0 Å². The molecule has 14 heavy (non-hydrogen) atoms. The molecule has 0 unspecified atom stereocenters. The summed E-state index contributed by atoms with van der Waals surface area (Å²) in [4.78, 5) is 10.4. The molecule has 5 nitrogen and oxygen atoms in total. The third-order valence-electron chi connectivity index (χ3n) is 2.41. The highest BCUT2D eigenvalue weighted by Gasteiger charge is 2.15. The first-order valence-corrected chi connectivity index (χ1v) is 4.69. The predicted octanol–water partition coefficient (Wildman–Crippen LogP) is 0.204. The van der Waals surface area contributed by atoms with Crippen molar-refractivity contribution in [3.05, 3.63) is 11.9 Å². The van der Waals surface area contributed by atoms with Gasteiger partial charge in [0.25, 0.3) is 0 Å². The van der Waals surface area contributed by atoms with Gasteiger partial charge in [-0.1, -0.05) is 0 Å². The molecule has 0 saturated carbocycles. The van der Waals surface area contributed by atoms with Gasteiger partial charge in [-0.25, -0.2) is 9.97 Å². The number of anilines is 2. The Bertz CT molecular complexity index is 323. The number of hydrogen-bond acceptors (Lipinski definition) is 5. The lowest BCUT2D eigenvalue weighted by atomic mass is 10.3. The number of hydrogen-bond donors (Lipinski definition) is 1. The van der Waals surface area contributed by atoms with E-state index in [4.69, 9.17) is 10.5 Å². The largest absolute Gasteiger partial charge is 0.383 e. The normalized spacial score (nSPS) is 17.1. The Morgan fingerprint density at radius 2 is 2.07 bits per heavy atom. The van der Waals surface area contributed by atoms with Crippen LogP contribution in [0.2, 0.25) is 0 Å². The van der Waals surface area contributed by atoms with Crippen LogP contribution in [-0.2, 0) is 4.74 Å². The molecular weight excluding hydrogens is 180 g/mol. The van der Waals surface area contributed by atoms with Gasteiger partial charge in [0.05, 0.1) is 13.2 Å². The van der Waals surface area contributed by atoms with Gasteiger partial charge < -0.3 is 15.4 Å². The van der Waals surface area contributed by atoms with Crippen molar-refractivity contribution in [1.82, 2.24) is 9.97 Å². The van der Waals surface area contributed by atoms with Crippen molar-refractivity contribution in [3.8, 4) is 0 Å². The highest BCUT2D eigenvalue weighted by Crippen LogP contribution is 2.20. The topological polar surface area (TPSA) is 64.3 Å². The van der Waals surface area contributed by atoms with Crippen molar-refractivity contribution in [3.63, 3.8) is 0 Å². The lowest BCUT2D eigenvalue weighted by molar-refractivity contribution is 0.122. The first-order chi connectivity index (χ1) is 6.79. The molecule has 1 aliphatic rings. The number of ether oxygens (including phenoxy) is 1. The van der Waals surface area contributed by atoms with Crippen LogP contribution in [-0.4, -0.2) is 36.3 Å². The van der Waals surface area contributed by atoms with Crippen molar-refractivity contribution in [2.45, 2.75) is 6.92 Å². The van der Waals surface area contributed by atoms with Gasteiger partial charge in [0.2, 0.25) is 0 Å². The minimum absolute atomic E-state index is 0.557. The Balaban J connectivity index is 2.26. The molecule has 5 heteroatoms. The second-order valence-corrected chi connectivity index (χ2v) is 3.31. The first kappa shape index (κ1) is 9.21. The van der Waals surface area contributed by atoms with E-state index in [1.807, 2.05) is 6.92 Å². The molecule has 0 atom stereocenters. The zero-order valence-electron chi connectivity index (χ0n) is 8.23. The molecule has 0 amide bonds. The zero-order chi connectivity index (χ0) is 9.97. The minimum atomic E-state index is 0.557. The molecule has 1 aromatic heterocycles. The van der Waals surface area contributed by atoms with Crippen LogP contribution in [0.1, 0.15) is 5.56 Å². The van der Waals surface area contributed by atoms with Crippen LogP contribution < -0.4 is 10.6 Å². The molecule has 0 radical (unpaired) electrons. The summed E-state index contributed by atoms with van der Waals surface area (Å²) in [6, 6.07) is 0. The van der Waals surface area contributed by atoms with Crippen molar-refractivity contribution in [1.29, 1.82) is 0 Å². The number of aromatic nitrogens is 2. The van der Waals surface area contributed by atoms with Gasteiger partial charge in [-0.2, -0.15) is 0 Å². The average molecular weight is 194 g/mol. The van der Waals surface area contributed by atoms with Gasteiger partial charge >= 0.3 is 0 Å². The summed E-state index contributed by atoms with van der Waals surface area (Å²) in [5.41, 5.74) is 6.67. The van der Waals surface area contributed by atoms with Gasteiger partial charge in [-0.3, -0.25) is 0 Å². The summed E-state index contributed by atoms with van der Waals surface area (Å²) >= 11 is 0. The van der Waals surface area contributed by atoms with E-state index in [-0.39, 0.29) is 0 Å². The maximum Gasteiger partial charge on any atom is 0.137 e. The molecule has 2 rings (SSSR count). The summed E-state index contributed by atoms with van der Waals surface area (Å²) in [5, 5.41) is 0. The summed E-state index contributed by atoms with van der Waals surface area (Å²) in [7, 11) is 0. The van der Waals surface area contributed by atoms with E-state index >= 15 is 0 Å². The number of nitrogen functional groups attached to an aromatic ring is 1. The lowest BCUT2D eigenvalue weighted by Gasteiger charge is -2.28. The van der Waals surface area contributed by atoms with Crippen LogP contribution >= 0.6 is 0 Å². The molecule has 1 fully saturated rings. The SMILES string of the molecule is Cc1c(N)ncnc1N1CCOCC1. The molecule has 2 heterocycles. The highest BCUT2D eigenvalue weighted by atomic mass is 16.5. The van der Waals surface area contributed by atoms with Gasteiger partial charge in [-0.15, -0.1) is 0 Å². The highest BCUT2D eigenvalue weighted by molar-refractivity contribution is 5.55. The monoisotopic (exact) mass is 194 g/mol. The fourth-order valence-corrected chi connectivity index (χ4v) is 1.55. The Labute approximate surface area is 82.9 Å². The van der Waals surface area contributed by atoms with Crippen molar-refractivity contribution >= 4 is 11.6 Å². The Hall–Kier alpha value is -1.36. The summed E-state index contributed by atoms with van der Waals surface area (Å²) in [6.45, 7) is 5.20. The standard InChI is InChI=1S/C9H14N4O/c1-7-8(10)11-6-12-9(7)13-2-4-14-5-3-13/h6H,2-5H2,1H3,(H2,10,11,12). The maximum absolute atomic E-state index is 5.72. The number of rotatable bonds is 1. The van der Waals surface area contributed by atoms with Crippen LogP contribution in [0.4, 0.5) is 11.6 Å². The maximum atomic E-state index is 5.72. The molecule has 1 saturated heterocycles. The summed E-state index contributed by atoms with van der Waals surface area (Å²) in [6.07, 6.45) is 1.51. The lowest BCUT2D eigenvalue weighted by Crippen LogP contribution is -2.37. The molecule has 0 bridgehead atoms. The van der Waals surface area contributed by atoms with Crippen LogP contribution in [0, 0.1) is 6.92 Å². The first-order valence-electron chi connectivity index (χ1n) is 4.69. The fraction of sp³-hybridized carbons (Fsp3) is 0.556. The Kier molecular flexibility index (Phi) is 2.49. The zero-order valence-corrected chi connectivity index (χ0v) is 8.23. The smallest absolute Gasteiger partial charge is 0.137 e. The average Bonchev–Trinajstić information content (AvgIpc) is 2.23. The van der Waals surface area contributed by atoms with E-state index in [0.717, 1.165) is 37.7 Å². The number of morpholine rings is 1. The molecule has 76 valence electrons. The van der Waals surface area contributed by atoms with Gasteiger partial charge in [0.1, 0.15) is 18.0 Å². The molecule has 0 aromatic carbocycles. The predicted molar refractivity (Wildman–Crippen MR) is 54.2 cm³/mol. The van der Waals surface area contributed by atoms with Gasteiger partial charge in [0.15, 0.2) is 0 Å². The van der Waals surface area contributed by atoms with Crippen molar-refractivity contribution < 1.29 is 4.74 Å². The molecule has 1 aliphatic heterocycles. The van der Waals surface area contributed by atoms with Crippen molar-refractivity contribution in [2.24, 2.45) is 0 Å². The second-order valence-electron chi connectivity index (χ2n) is 3.31. The second kappa shape index (κ2) is 3.79.